The molecule has 13 heavy (non-hydrogen) atoms. The van der Waals surface area contributed by atoms with Gasteiger partial charge in [0.1, 0.15) is 0 Å². The Morgan fingerprint density at radius 2 is 1.69 bits per heavy atom. The van der Waals surface area contributed by atoms with Gasteiger partial charge in [-0.1, -0.05) is 0 Å². The lowest BCUT2D eigenvalue weighted by atomic mass is 10.3. The predicted molar refractivity (Wildman–Crippen MR) is 52.1 cm³/mol. The van der Waals surface area contributed by atoms with Crippen molar-refractivity contribution in [3.05, 3.63) is 27.3 Å². The average molecular weight is 338 g/mol. The summed E-state index contributed by atoms with van der Waals surface area (Å²) in [5, 5.41) is 0. The van der Waals surface area contributed by atoms with E-state index in [2.05, 4.69) is 0 Å². The van der Waals surface area contributed by atoms with Crippen LogP contribution in [0, 0.1) is 15.2 Å². The highest BCUT2D eigenvalue weighted by Crippen LogP contribution is 2.24. The number of hydrogen-bond donors (Lipinski definition) is 0. The van der Waals surface area contributed by atoms with Crippen molar-refractivity contribution in [2.24, 2.45) is 0 Å². The molecule has 0 aliphatic heterocycles. The summed E-state index contributed by atoms with van der Waals surface area (Å²) in [5.41, 5.74) is 0. The van der Waals surface area contributed by atoms with Crippen molar-refractivity contribution in [2.75, 3.05) is 0 Å². The third kappa shape index (κ3) is 2.50. The highest BCUT2D eigenvalue weighted by atomic mass is 127. The van der Waals surface area contributed by atoms with Gasteiger partial charge < -0.3 is 0 Å². The minimum Gasteiger partial charge on any atom is -0.207 e. The van der Waals surface area contributed by atoms with Crippen molar-refractivity contribution < 1.29 is 17.2 Å². The van der Waals surface area contributed by atoms with E-state index in [1.54, 1.807) is 22.6 Å². The van der Waals surface area contributed by atoms with Gasteiger partial charge in [-0.3, -0.25) is 0 Å². The van der Waals surface area contributed by atoms with E-state index in [1.807, 2.05) is 0 Å². The second-order valence-electron chi connectivity index (χ2n) is 2.13. The van der Waals surface area contributed by atoms with Gasteiger partial charge in [0.25, 0.3) is 9.05 Å². The summed E-state index contributed by atoms with van der Waals surface area (Å²) < 4.78 is 46.7. The van der Waals surface area contributed by atoms with Gasteiger partial charge >= 0.3 is 0 Å². The van der Waals surface area contributed by atoms with Crippen LogP contribution in [0.4, 0.5) is 8.78 Å². The highest BCUT2D eigenvalue weighted by molar-refractivity contribution is 14.1. The van der Waals surface area contributed by atoms with Crippen LogP contribution in [-0.2, 0) is 9.05 Å². The molecule has 1 aromatic rings. The summed E-state index contributed by atoms with van der Waals surface area (Å²) in [6.45, 7) is 0. The molecule has 0 heterocycles. The van der Waals surface area contributed by atoms with Crippen LogP contribution in [0.5, 0.6) is 0 Å². The fourth-order valence-corrected chi connectivity index (χ4v) is 3.30. The Bertz CT molecular complexity index is 446. The van der Waals surface area contributed by atoms with E-state index in [4.69, 9.17) is 10.7 Å². The van der Waals surface area contributed by atoms with Crippen molar-refractivity contribution in [3.63, 3.8) is 0 Å². The predicted octanol–water partition coefficient (Wildman–Crippen LogP) is 2.50. The summed E-state index contributed by atoms with van der Waals surface area (Å²) in [6, 6.07) is 1.32. The molecular formula is C6H2ClF2IO2S. The van der Waals surface area contributed by atoms with Crippen molar-refractivity contribution in [2.45, 2.75) is 4.90 Å². The Hall–Kier alpha value is 0.0500. The first-order valence-electron chi connectivity index (χ1n) is 2.91. The van der Waals surface area contributed by atoms with Gasteiger partial charge in [-0.2, -0.15) is 0 Å². The van der Waals surface area contributed by atoms with Crippen LogP contribution >= 0.6 is 33.3 Å². The molecule has 72 valence electrons. The maximum atomic E-state index is 12.6. The third-order valence-corrected chi connectivity index (χ3v) is 3.86. The van der Waals surface area contributed by atoms with Crippen molar-refractivity contribution in [1.29, 1.82) is 0 Å². The van der Waals surface area contributed by atoms with E-state index in [1.165, 1.54) is 0 Å². The second kappa shape index (κ2) is 3.66. The molecule has 0 N–H and O–H groups in total. The molecule has 7 heteroatoms. The fraction of sp³-hybridized carbons (Fsp3) is 0. The SMILES string of the molecule is O=S(=O)(Cl)c1cc(F)c(F)cc1I. The Kier molecular flexibility index (Phi) is 3.13. The Balaban J connectivity index is 3.50. The van der Waals surface area contributed by atoms with Gasteiger partial charge in [-0.15, -0.1) is 0 Å². The zero-order valence-corrected chi connectivity index (χ0v) is 9.62. The van der Waals surface area contributed by atoms with Gasteiger partial charge in [-0.25, -0.2) is 17.2 Å². The molecule has 1 rings (SSSR count). The Morgan fingerprint density at radius 1 is 1.23 bits per heavy atom. The maximum absolute atomic E-state index is 12.6. The molecule has 0 aromatic heterocycles. The summed E-state index contributed by atoms with van der Waals surface area (Å²) >= 11 is 1.56. The molecule has 0 radical (unpaired) electrons. The molecule has 0 spiro atoms. The smallest absolute Gasteiger partial charge is 0.207 e. The summed E-state index contributed by atoms with van der Waals surface area (Å²) in [6.07, 6.45) is 0. The molecule has 0 aliphatic carbocycles. The standard InChI is InChI=1S/C6H2ClF2IO2S/c7-13(11,12)6-2-4(9)3(8)1-5(6)10/h1-2H. The van der Waals surface area contributed by atoms with Gasteiger partial charge in [-0.05, 0) is 34.7 Å². The van der Waals surface area contributed by atoms with Crippen molar-refractivity contribution in [1.82, 2.24) is 0 Å². The van der Waals surface area contributed by atoms with Crippen LogP contribution in [0.2, 0.25) is 0 Å². The lowest BCUT2D eigenvalue weighted by molar-refractivity contribution is 0.503. The number of rotatable bonds is 1. The molecule has 0 saturated heterocycles. The first kappa shape index (κ1) is 11.1. The zero-order chi connectivity index (χ0) is 10.2. The summed E-state index contributed by atoms with van der Waals surface area (Å²) in [5.74, 6) is -2.34. The van der Waals surface area contributed by atoms with Gasteiger partial charge in [0.15, 0.2) is 11.6 Å². The third-order valence-electron chi connectivity index (χ3n) is 1.24. The Labute approximate surface area is 91.5 Å². The summed E-state index contributed by atoms with van der Waals surface area (Å²) in [4.78, 5) is -0.423. The fourth-order valence-electron chi connectivity index (χ4n) is 0.691. The highest BCUT2D eigenvalue weighted by Gasteiger charge is 2.17. The monoisotopic (exact) mass is 338 g/mol. The maximum Gasteiger partial charge on any atom is 0.262 e. The largest absolute Gasteiger partial charge is 0.262 e. The number of halogens is 4. The molecule has 0 aliphatic rings. The Morgan fingerprint density at radius 3 is 2.15 bits per heavy atom. The number of hydrogen-bond acceptors (Lipinski definition) is 2. The van der Waals surface area contributed by atoms with Gasteiger partial charge in [0.2, 0.25) is 0 Å². The van der Waals surface area contributed by atoms with Crippen molar-refractivity contribution >= 4 is 42.3 Å². The van der Waals surface area contributed by atoms with Crippen LogP contribution in [0.25, 0.3) is 0 Å². The van der Waals surface area contributed by atoms with Gasteiger partial charge in [0, 0.05) is 14.3 Å². The van der Waals surface area contributed by atoms with Gasteiger partial charge in [0.05, 0.1) is 4.90 Å². The molecule has 0 amide bonds. The zero-order valence-electron chi connectivity index (χ0n) is 5.89. The average Bonchev–Trinajstić information content (AvgIpc) is 1.94. The quantitative estimate of drug-likeness (QED) is 0.448. The van der Waals surface area contributed by atoms with Crippen LogP contribution in [-0.4, -0.2) is 8.42 Å². The van der Waals surface area contributed by atoms with Crippen molar-refractivity contribution in [3.8, 4) is 0 Å². The summed E-state index contributed by atoms with van der Waals surface area (Å²) in [7, 11) is 0.952. The molecule has 0 unspecified atom stereocenters. The van der Waals surface area contributed by atoms with E-state index in [-0.39, 0.29) is 3.57 Å². The van der Waals surface area contributed by atoms with Crippen LogP contribution in [0.3, 0.4) is 0 Å². The minimum absolute atomic E-state index is 0.0477. The van der Waals surface area contributed by atoms with Crippen LogP contribution in [0.1, 0.15) is 0 Å². The normalized spacial score (nSPS) is 11.7. The molecular weight excluding hydrogens is 336 g/mol. The van der Waals surface area contributed by atoms with Crippen LogP contribution in [0.15, 0.2) is 17.0 Å². The number of benzene rings is 1. The topological polar surface area (TPSA) is 34.1 Å². The van der Waals surface area contributed by atoms with E-state index in [9.17, 15) is 17.2 Å². The van der Waals surface area contributed by atoms with Crippen LogP contribution < -0.4 is 0 Å². The molecule has 2 nitrogen and oxygen atoms in total. The first-order valence-corrected chi connectivity index (χ1v) is 6.30. The second-order valence-corrected chi connectivity index (χ2v) is 5.83. The lowest BCUT2D eigenvalue weighted by Crippen LogP contribution is -1.97. The van der Waals surface area contributed by atoms with E-state index >= 15 is 0 Å². The van der Waals surface area contributed by atoms with E-state index in [0.717, 1.165) is 6.07 Å². The lowest BCUT2D eigenvalue weighted by Gasteiger charge is -2.00. The molecule has 0 fully saturated rings. The first-order chi connectivity index (χ1) is 5.82. The molecule has 0 saturated carbocycles. The van der Waals surface area contributed by atoms with E-state index < -0.39 is 25.6 Å². The molecule has 0 atom stereocenters. The molecule has 0 bridgehead atoms. The molecule has 1 aromatic carbocycles. The van der Waals surface area contributed by atoms with E-state index in [0.29, 0.717) is 6.07 Å². The minimum atomic E-state index is -4.01.